The average Bonchev–Trinajstić information content (AvgIpc) is 3.32. The van der Waals surface area contributed by atoms with Crippen molar-refractivity contribution in [3.63, 3.8) is 0 Å². The van der Waals surface area contributed by atoms with Gasteiger partial charge in [0.1, 0.15) is 5.75 Å². The van der Waals surface area contributed by atoms with Crippen molar-refractivity contribution in [2.24, 2.45) is 5.92 Å². The van der Waals surface area contributed by atoms with Crippen LogP contribution < -0.4 is 10.1 Å². The van der Waals surface area contributed by atoms with E-state index in [0.29, 0.717) is 11.0 Å². The molecular weight excluding hydrogens is 328 g/mol. The van der Waals surface area contributed by atoms with E-state index in [2.05, 4.69) is 17.2 Å². The summed E-state index contributed by atoms with van der Waals surface area (Å²) in [5.41, 5.74) is 2.17. The molecule has 2 aromatic rings. The standard InChI is InChI=1S/C17H22N2O2S2/c1-11(12-6-7-12)22-23-17(20)21-15-5-3-4-14-16(15)13(10-19-14)8-9-18-2/h3-5,10-12,18-19H,6-9H2,1-2H3. The van der Waals surface area contributed by atoms with E-state index in [9.17, 15) is 4.79 Å². The van der Waals surface area contributed by atoms with Gasteiger partial charge in [0.15, 0.2) is 0 Å². The second kappa shape index (κ2) is 7.64. The first-order valence-corrected chi connectivity index (χ1v) is 10.2. The quantitative estimate of drug-likeness (QED) is 0.564. The monoisotopic (exact) mass is 350 g/mol. The van der Waals surface area contributed by atoms with E-state index in [1.54, 1.807) is 10.8 Å². The Labute approximate surface area is 144 Å². The Morgan fingerprint density at radius 3 is 3.04 bits per heavy atom. The minimum absolute atomic E-state index is 0.240. The summed E-state index contributed by atoms with van der Waals surface area (Å²) < 4.78 is 5.62. The van der Waals surface area contributed by atoms with Gasteiger partial charge >= 0.3 is 5.30 Å². The maximum absolute atomic E-state index is 12.1. The number of aromatic amines is 1. The molecule has 0 amide bonds. The number of nitrogens with one attached hydrogen (secondary N) is 2. The number of carbonyl (C=O) groups excluding carboxylic acids is 1. The number of H-pyrrole nitrogens is 1. The average molecular weight is 351 g/mol. The molecule has 1 aliphatic rings. The summed E-state index contributed by atoms with van der Waals surface area (Å²) in [6.45, 7) is 3.07. The summed E-state index contributed by atoms with van der Waals surface area (Å²) in [6, 6.07) is 5.78. The van der Waals surface area contributed by atoms with Crippen LogP contribution in [0.1, 0.15) is 25.3 Å². The van der Waals surface area contributed by atoms with Crippen molar-refractivity contribution in [1.29, 1.82) is 0 Å². The van der Waals surface area contributed by atoms with Gasteiger partial charge in [0.2, 0.25) is 0 Å². The summed E-state index contributed by atoms with van der Waals surface area (Å²) in [5, 5.41) is 4.44. The molecule has 1 unspecified atom stereocenters. The first kappa shape index (κ1) is 16.7. The Hall–Kier alpha value is -1.11. The molecule has 1 aromatic carbocycles. The molecule has 1 atom stereocenters. The predicted molar refractivity (Wildman–Crippen MR) is 99.3 cm³/mol. The van der Waals surface area contributed by atoms with Crippen LogP contribution in [-0.4, -0.2) is 29.1 Å². The fourth-order valence-corrected chi connectivity index (χ4v) is 4.68. The Kier molecular flexibility index (Phi) is 5.56. The molecular formula is C17H22N2O2S2. The Bertz CT molecular complexity index is 682. The molecule has 1 fully saturated rings. The topological polar surface area (TPSA) is 54.1 Å². The number of ether oxygens (including phenoxy) is 1. The van der Waals surface area contributed by atoms with Crippen molar-refractivity contribution in [2.45, 2.75) is 31.4 Å². The lowest BCUT2D eigenvalue weighted by Crippen LogP contribution is -2.10. The van der Waals surface area contributed by atoms with Gasteiger partial charge in [-0.3, -0.25) is 0 Å². The van der Waals surface area contributed by atoms with E-state index < -0.39 is 0 Å². The van der Waals surface area contributed by atoms with Gasteiger partial charge < -0.3 is 15.0 Å². The van der Waals surface area contributed by atoms with E-state index in [0.717, 1.165) is 29.8 Å². The molecule has 0 radical (unpaired) electrons. The molecule has 0 spiro atoms. The lowest BCUT2D eigenvalue weighted by atomic mass is 10.1. The third kappa shape index (κ3) is 4.25. The SMILES string of the molecule is CNCCc1c[nH]c2cccc(OC(=O)SSC(C)C3CC3)c12. The zero-order chi connectivity index (χ0) is 16.2. The zero-order valence-corrected chi connectivity index (χ0v) is 15.1. The molecule has 0 aliphatic heterocycles. The van der Waals surface area contributed by atoms with Crippen molar-refractivity contribution < 1.29 is 9.53 Å². The molecule has 1 aliphatic carbocycles. The van der Waals surface area contributed by atoms with Gasteiger partial charge in [-0.25, -0.2) is 4.79 Å². The van der Waals surface area contributed by atoms with Crippen molar-refractivity contribution in [1.82, 2.24) is 10.3 Å². The molecule has 23 heavy (non-hydrogen) atoms. The van der Waals surface area contributed by atoms with Gasteiger partial charge in [-0.2, -0.15) is 0 Å². The summed E-state index contributed by atoms with van der Waals surface area (Å²) >= 11 is 0. The van der Waals surface area contributed by atoms with Gasteiger partial charge in [-0.15, -0.1) is 0 Å². The first-order valence-electron chi connectivity index (χ1n) is 7.97. The fourth-order valence-electron chi connectivity index (χ4n) is 2.63. The molecule has 1 heterocycles. The van der Waals surface area contributed by atoms with Crippen molar-refractivity contribution in [3.05, 3.63) is 30.0 Å². The second-order valence-corrected chi connectivity index (χ2v) is 8.43. The van der Waals surface area contributed by atoms with Crippen LogP contribution in [0.2, 0.25) is 0 Å². The third-order valence-corrected chi connectivity index (χ3v) is 6.75. The Morgan fingerprint density at radius 1 is 1.48 bits per heavy atom. The summed E-state index contributed by atoms with van der Waals surface area (Å²) in [4.78, 5) is 15.4. The fraction of sp³-hybridized carbons (Fsp3) is 0.471. The van der Waals surface area contributed by atoms with Crippen molar-refractivity contribution in [2.75, 3.05) is 13.6 Å². The number of carbonyl (C=O) groups is 1. The Morgan fingerprint density at radius 2 is 2.30 bits per heavy atom. The van der Waals surface area contributed by atoms with Crippen LogP contribution in [0.4, 0.5) is 4.79 Å². The van der Waals surface area contributed by atoms with Gasteiger partial charge in [0.25, 0.3) is 0 Å². The van der Waals surface area contributed by atoms with Crippen LogP contribution >= 0.6 is 21.6 Å². The van der Waals surface area contributed by atoms with Crippen molar-refractivity contribution in [3.8, 4) is 5.75 Å². The summed E-state index contributed by atoms with van der Waals surface area (Å²) in [5.74, 6) is 1.42. The Balaban J connectivity index is 1.68. The number of aromatic nitrogens is 1. The molecule has 0 bridgehead atoms. The molecule has 124 valence electrons. The van der Waals surface area contributed by atoms with Gasteiger partial charge in [0.05, 0.1) is 0 Å². The van der Waals surface area contributed by atoms with E-state index in [-0.39, 0.29) is 5.30 Å². The first-order chi connectivity index (χ1) is 11.2. The lowest BCUT2D eigenvalue weighted by molar-refractivity contribution is 0.228. The number of rotatable bonds is 7. The minimum Gasteiger partial charge on any atom is -0.417 e. The number of hydrogen-bond acceptors (Lipinski definition) is 5. The van der Waals surface area contributed by atoms with Crippen LogP contribution in [-0.2, 0) is 6.42 Å². The van der Waals surface area contributed by atoms with Crippen LogP contribution in [0, 0.1) is 5.92 Å². The smallest absolute Gasteiger partial charge is 0.383 e. The van der Waals surface area contributed by atoms with Crippen LogP contribution in [0.5, 0.6) is 5.75 Å². The van der Waals surface area contributed by atoms with Crippen LogP contribution in [0.25, 0.3) is 10.9 Å². The number of likely N-dealkylation sites (N-methyl/N-ethyl adjacent to an activating group) is 1. The number of hydrogen-bond donors (Lipinski definition) is 2. The number of fused-ring (bicyclic) bond motifs is 1. The highest BCUT2D eigenvalue weighted by atomic mass is 33.1. The van der Waals surface area contributed by atoms with E-state index in [1.165, 1.54) is 29.2 Å². The van der Waals surface area contributed by atoms with Gasteiger partial charge in [-0.05, 0) is 56.5 Å². The van der Waals surface area contributed by atoms with E-state index in [1.807, 2.05) is 31.4 Å². The molecule has 0 saturated heterocycles. The van der Waals surface area contributed by atoms with E-state index >= 15 is 0 Å². The van der Waals surface area contributed by atoms with Crippen LogP contribution in [0.15, 0.2) is 24.4 Å². The normalized spacial score (nSPS) is 15.7. The lowest BCUT2D eigenvalue weighted by Gasteiger charge is -2.09. The molecule has 1 aromatic heterocycles. The summed E-state index contributed by atoms with van der Waals surface area (Å²) in [6.07, 6.45) is 5.48. The molecule has 6 heteroatoms. The third-order valence-electron chi connectivity index (χ3n) is 4.14. The molecule has 1 saturated carbocycles. The highest BCUT2D eigenvalue weighted by Crippen LogP contribution is 2.43. The summed E-state index contributed by atoms with van der Waals surface area (Å²) in [7, 11) is 4.77. The van der Waals surface area contributed by atoms with Crippen LogP contribution in [0.3, 0.4) is 0 Å². The second-order valence-electron chi connectivity index (χ2n) is 5.92. The maximum atomic E-state index is 12.1. The highest BCUT2D eigenvalue weighted by Gasteiger charge is 2.29. The van der Waals surface area contributed by atoms with E-state index in [4.69, 9.17) is 4.74 Å². The maximum Gasteiger partial charge on any atom is 0.383 e. The highest BCUT2D eigenvalue weighted by molar-refractivity contribution is 8.82. The minimum atomic E-state index is -0.240. The predicted octanol–water partition coefficient (Wildman–Crippen LogP) is 4.61. The zero-order valence-electron chi connectivity index (χ0n) is 13.4. The largest absolute Gasteiger partial charge is 0.417 e. The van der Waals surface area contributed by atoms with Gasteiger partial charge in [0, 0.05) is 33.1 Å². The molecule has 4 nitrogen and oxygen atoms in total. The van der Waals surface area contributed by atoms with Crippen molar-refractivity contribution >= 4 is 37.8 Å². The molecule has 2 N–H and O–H groups in total. The molecule has 3 rings (SSSR count). The van der Waals surface area contributed by atoms with Gasteiger partial charge in [-0.1, -0.05) is 23.8 Å². The number of benzene rings is 1.